The first-order valence-electron chi connectivity index (χ1n) is 12.2. The molecule has 2 aromatic carbocycles. The third-order valence-corrected chi connectivity index (χ3v) is 6.96. The van der Waals surface area contributed by atoms with Crippen molar-refractivity contribution in [2.24, 2.45) is 17.8 Å². The molecule has 0 fully saturated rings. The van der Waals surface area contributed by atoms with Crippen molar-refractivity contribution >= 4 is 29.0 Å². The number of aliphatic hydroxyl groups excluding tert-OH is 2. The number of hydrogen-bond donors (Lipinski definition) is 4. The molecule has 5 N–H and O–H groups in total. The van der Waals surface area contributed by atoms with E-state index in [4.69, 9.17) is 10.5 Å². The molecule has 2 aromatic rings. The second kappa shape index (κ2) is 12.1. The number of carbonyl (C=O) groups excluding carboxylic acids is 4. The lowest BCUT2D eigenvalue weighted by Crippen LogP contribution is -2.32. The number of Topliss-reactive ketones (excluding diaryl/α,β-unsaturated/α-hetero) is 3. The fraction of sp³-hybridized carbons (Fsp3) is 0.429. The zero-order valence-electron chi connectivity index (χ0n) is 21.0. The minimum Gasteiger partial charge on any atom is -0.507 e. The zero-order valence-corrected chi connectivity index (χ0v) is 21.0. The Morgan fingerprint density at radius 1 is 1.14 bits per heavy atom. The number of fused-ring (bicyclic) bond motifs is 1. The van der Waals surface area contributed by atoms with E-state index >= 15 is 0 Å². The Bertz CT molecular complexity index is 1200. The van der Waals surface area contributed by atoms with Crippen LogP contribution in [0, 0.1) is 17.8 Å². The second-order valence-electron chi connectivity index (χ2n) is 9.66. The molecule has 0 bridgehead atoms. The van der Waals surface area contributed by atoms with Crippen LogP contribution in [0.2, 0.25) is 0 Å². The van der Waals surface area contributed by atoms with E-state index in [2.05, 4.69) is 0 Å². The van der Waals surface area contributed by atoms with Crippen molar-refractivity contribution in [2.75, 3.05) is 26.1 Å². The van der Waals surface area contributed by atoms with E-state index in [1.165, 1.54) is 26.2 Å². The Balaban J connectivity index is 1.99. The standard InChI is InChI=1S/C28H33NO8/c1-15(32)7-25(34)23(14-31)17(5-6-30)8-16-9-22-21(3-4-24(33)27(22)26(35)10-16)18-11-19(28(36)37-2)13-20(29)12-18/h3-4,11-13,16-17,23,30-31,33H,5-10,14,29H2,1-2H3. The van der Waals surface area contributed by atoms with Crippen LogP contribution >= 0.6 is 0 Å². The normalized spacial score (nSPS) is 16.5. The van der Waals surface area contributed by atoms with Gasteiger partial charge in [-0.15, -0.1) is 0 Å². The predicted octanol–water partition coefficient (Wildman–Crippen LogP) is 2.72. The van der Waals surface area contributed by atoms with Gasteiger partial charge in [-0.1, -0.05) is 6.07 Å². The van der Waals surface area contributed by atoms with Gasteiger partial charge in [-0.3, -0.25) is 14.4 Å². The number of aromatic hydroxyl groups is 1. The van der Waals surface area contributed by atoms with Crippen molar-refractivity contribution in [3.05, 3.63) is 47.0 Å². The number of anilines is 1. The fourth-order valence-electron chi connectivity index (χ4n) is 5.33. The number of esters is 1. The molecule has 0 saturated carbocycles. The molecule has 37 heavy (non-hydrogen) atoms. The maximum Gasteiger partial charge on any atom is 0.337 e. The molecule has 198 valence electrons. The molecule has 0 radical (unpaired) electrons. The lowest BCUT2D eigenvalue weighted by molar-refractivity contribution is -0.131. The highest BCUT2D eigenvalue weighted by atomic mass is 16.5. The van der Waals surface area contributed by atoms with Gasteiger partial charge in [-0.2, -0.15) is 0 Å². The smallest absolute Gasteiger partial charge is 0.337 e. The maximum atomic E-state index is 13.2. The summed E-state index contributed by atoms with van der Waals surface area (Å²) in [6.07, 6.45) is 0.802. The van der Waals surface area contributed by atoms with Gasteiger partial charge >= 0.3 is 5.97 Å². The number of ketones is 3. The molecule has 0 aromatic heterocycles. The van der Waals surface area contributed by atoms with Crippen LogP contribution in [0.5, 0.6) is 5.75 Å². The average Bonchev–Trinajstić information content (AvgIpc) is 2.83. The van der Waals surface area contributed by atoms with E-state index in [9.17, 15) is 34.5 Å². The van der Waals surface area contributed by atoms with Crippen LogP contribution in [0.1, 0.15) is 58.9 Å². The van der Waals surface area contributed by atoms with Crippen molar-refractivity contribution in [2.45, 2.75) is 39.0 Å². The number of nitrogen functional groups attached to an aromatic ring is 1. The molecule has 0 spiro atoms. The van der Waals surface area contributed by atoms with E-state index < -0.39 is 24.4 Å². The number of aliphatic hydroxyl groups is 2. The second-order valence-corrected chi connectivity index (χ2v) is 9.66. The van der Waals surface area contributed by atoms with Gasteiger partial charge in [0.25, 0.3) is 0 Å². The minimum absolute atomic E-state index is 0.120. The van der Waals surface area contributed by atoms with Crippen molar-refractivity contribution in [3.8, 4) is 16.9 Å². The van der Waals surface area contributed by atoms with Crippen molar-refractivity contribution in [1.82, 2.24) is 0 Å². The number of nitrogens with two attached hydrogens (primary N) is 1. The van der Waals surface area contributed by atoms with Crippen molar-refractivity contribution < 1.29 is 39.2 Å². The Morgan fingerprint density at radius 3 is 2.49 bits per heavy atom. The molecule has 3 atom stereocenters. The number of rotatable bonds is 11. The number of phenolic OH excluding ortho intramolecular Hbond substituents is 1. The summed E-state index contributed by atoms with van der Waals surface area (Å²) in [6, 6.07) is 7.87. The molecule has 0 aliphatic heterocycles. The Hall–Kier alpha value is -3.56. The van der Waals surface area contributed by atoms with Gasteiger partial charge in [0.05, 0.1) is 31.3 Å². The van der Waals surface area contributed by atoms with Crippen LogP contribution in [0.15, 0.2) is 30.3 Å². The van der Waals surface area contributed by atoms with Gasteiger partial charge in [0, 0.05) is 24.6 Å². The highest BCUT2D eigenvalue weighted by molar-refractivity contribution is 6.03. The highest BCUT2D eigenvalue weighted by Gasteiger charge is 2.35. The van der Waals surface area contributed by atoms with Crippen LogP contribution in [0.25, 0.3) is 11.1 Å². The fourth-order valence-corrected chi connectivity index (χ4v) is 5.33. The molecular formula is C28H33NO8. The largest absolute Gasteiger partial charge is 0.507 e. The number of benzene rings is 2. The summed E-state index contributed by atoms with van der Waals surface area (Å²) in [5.41, 5.74) is 8.63. The van der Waals surface area contributed by atoms with Crippen LogP contribution in [0.3, 0.4) is 0 Å². The average molecular weight is 512 g/mol. The number of phenols is 1. The van der Waals surface area contributed by atoms with Gasteiger partial charge in [-0.05, 0) is 79.0 Å². The van der Waals surface area contributed by atoms with Crippen molar-refractivity contribution in [3.63, 3.8) is 0 Å². The topological polar surface area (TPSA) is 164 Å². The van der Waals surface area contributed by atoms with Gasteiger partial charge < -0.3 is 25.8 Å². The first-order valence-corrected chi connectivity index (χ1v) is 12.2. The third-order valence-electron chi connectivity index (χ3n) is 6.96. The van der Waals surface area contributed by atoms with E-state index in [0.29, 0.717) is 35.2 Å². The van der Waals surface area contributed by atoms with Crippen molar-refractivity contribution in [1.29, 1.82) is 0 Å². The summed E-state index contributed by atoms with van der Waals surface area (Å²) >= 11 is 0. The SMILES string of the molecule is COC(=O)c1cc(N)cc(-c2ccc(O)c3c2CC(CC(CCO)C(CO)C(=O)CC(C)=O)CC3=O)c1. The van der Waals surface area contributed by atoms with Crippen LogP contribution < -0.4 is 5.73 Å². The van der Waals surface area contributed by atoms with E-state index in [1.54, 1.807) is 18.2 Å². The Labute approximate surface area is 215 Å². The van der Waals surface area contributed by atoms with Gasteiger partial charge in [0.2, 0.25) is 0 Å². The molecule has 1 aliphatic rings. The molecule has 0 saturated heterocycles. The van der Waals surface area contributed by atoms with E-state index in [-0.39, 0.29) is 66.0 Å². The number of hydrogen-bond acceptors (Lipinski definition) is 9. The Morgan fingerprint density at radius 2 is 1.86 bits per heavy atom. The van der Waals surface area contributed by atoms with E-state index in [0.717, 1.165) is 0 Å². The molecular weight excluding hydrogens is 478 g/mol. The summed E-state index contributed by atoms with van der Waals surface area (Å²) in [4.78, 5) is 49.4. The van der Waals surface area contributed by atoms with Gasteiger partial charge in [0.1, 0.15) is 17.3 Å². The van der Waals surface area contributed by atoms with Crippen LogP contribution in [-0.4, -0.2) is 59.0 Å². The predicted molar refractivity (Wildman–Crippen MR) is 136 cm³/mol. The van der Waals surface area contributed by atoms with Gasteiger partial charge in [-0.25, -0.2) is 4.79 Å². The summed E-state index contributed by atoms with van der Waals surface area (Å²) < 4.78 is 4.81. The summed E-state index contributed by atoms with van der Waals surface area (Å²) in [7, 11) is 1.26. The van der Waals surface area contributed by atoms with E-state index in [1.807, 2.05) is 0 Å². The summed E-state index contributed by atoms with van der Waals surface area (Å²) in [5, 5.41) is 30.1. The Kier molecular flexibility index (Phi) is 9.18. The molecule has 9 nitrogen and oxygen atoms in total. The quantitative estimate of drug-likeness (QED) is 0.202. The first-order chi connectivity index (χ1) is 17.6. The number of carbonyl (C=O) groups is 4. The number of ether oxygens (including phenoxy) is 1. The monoisotopic (exact) mass is 511 g/mol. The zero-order chi connectivity index (χ0) is 27.3. The molecule has 0 heterocycles. The highest BCUT2D eigenvalue weighted by Crippen LogP contribution is 2.41. The maximum absolute atomic E-state index is 13.2. The molecule has 3 unspecified atom stereocenters. The van der Waals surface area contributed by atoms with Gasteiger partial charge in [0.15, 0.2) is 5.78 Å². The molecule has 9 heteroatoms. The molecule has 1 aliphatic carbocycles. The summed E-state index contributed by atoms with van der Waals surface area (Å²) in [5.74, 6) is -3.15. The third kappa shape index (κ3) is 6.42. The molecule has 0 amide bonds. The first kappa shape index (κ1) is 28.0. The number of methoxy groups -OCH3 is 1. The van der Waals surface area contributed by atoms with Crippen LogP contribution in [0.4, 0.5) is 5.69 Å². The molecule has 3 rings (SSSR count). The summed E-state index contributed by atoms with van der Waals surface area (Å²) in [6.45, 7) is 0.636. The lowest BCUT2D eigenvalue weighted by atomic mass is 9.72. The minimum atomic E-state index is -0.826. The van der Waals surface area contributed by atoms with Crippen LogP contribution in [-0.2, 0) is 20.7 Å². The lowest BCUT2D eigenvalue weighted by Gasteiger charge is -2.31.